The average molecular weight is 552 g/mol. The number of H-pyrrole nitrogens is 2. The van der Waals surface area contributed by atoms with Crippen LogP contribution in [0.2, 0.25) is 0 Å². The Morgan fingerprint density at radius 1 is 0.875 bits per heavy atom. The molecule has 0 spiro atoms. The third kappa shape index (κ3) is 5.09. The Kier molecular flexibility index (Phi) is 6.40. The van der Waals surface area contributed by atoms with Crippen LogP contribution in [0.4, 0.5) is 10.1 Å². The summed E-state index contributed by atoms with van der Waals surface area (Å²) < 4.78 is 18.0. The van der Waals surface area contributed by atoms with Crippen LogP contribution in [0.1, 0.15) is 5.56 Å². The first-order valence-electron chi connectivity index (χ1n) is 12.7. The summed E-state index contributed by atoms with van der Waals surface area (Å²) in [5.41, 5.74) is 8.95. The number of aromatic nitrogens is 5. The molecule has 4 heterocycles. The minimum Gasteiger partial charge on any atom is -0.376 e. The molecule has 0 aliphatic heterocycles. The van der Waals surface area contributed by atoms with E-state index in [2.05, 4.69) is 65.9 Å². The SMILES string of the molecule is C=S(=C)(C)NCc1cc(F)cc(-c2cncc3[nH]c(-c4n[nH]c5ccc(-c6cncc(N(C)C)c6)cc45)cc23)c1. The molecule has 0 atom stereocenters. The fraction of sp³-hybridized carbons (Fsp3) is 0.129. The molecule has 0 aliphatic rings. The number of hydrogen-bond acceptors (Lipinski definition) is 5. The van der Waals surface area contributed by atoms with E-state index in [1.165, 1.54) is 6.07 Å². The van der Waals surface area contributed by atoms with Gasteiger partial charge in [0, 0.05) is 54.9 Å². The van der Waals surface area contributed by atoms with Gasteiger partial charge in [0.2, 0.25) is 0 Å². The Hall–Kier alpha value is -4.47. The second kappa shape index (κ2) is 9.93. The zero-order valence-electron chi connectivity index (χ0n) is 22.6. The van der Waals surface area contributed by atoms with Crippen molar-refractivity contribution in [3.63, 3.8) is 0 Å². The number of anilines is 1. The highest BCUT2D eigenvalue weighted by Gasteiger charge is 2.16. The van der Waals surface area contributed by atoms with Crippen molar-refractivity contribution in [3.05, 3.63) is 84.7 Å². The molecule has 0 aliphatic carbocycles. The Bertz CT molecular complexity index is 1990. The van der Waals surface area contributed by atoms with Gasteiger partial charge in [-0.2, -0.15) is 14.5 Å². The van der Waals surface area contributed by atoms with E-state index in [9.17, 15) is 4.39 Å². The molecule has 6 rings (SSSR count). The van der Waals surface area contributed by atoms with E-state index >= 15 is 0 Å². The standard InChI is InChI=1S/C31H30FN7S/c1-39(2)24-11-22(15-33-16-24)20-6-7-28-26(12-20)31(38-37-28)29-13-25-27(17-34-18-30(25)36-29)21-8-19(9-23(32)10-21)14-35-40(3,4)5/h6-13,15-18,35-36H,3-4,14H2,1-2,5H3,(H,37,38). The number of pyridine rings is 2. The molecule has 0 bridgehead atoms. The summed E-state index contributed by atoms with van der Waals surface area (Å²) in [5.74, 6) is 7.80. The molecule has 0 unspecified atom stereocenters. The van der Waals surface area contributed by atoms with Gasteiger partial charge < -0.3 is 9.88 Å². The molecule has 202 valence electrons. The lowest BCUT2D eigenvalue weighted by atomic mass is 10.0. The Morgan fingerprint density at radius 3 is 2.50 bits per heavy atom. The molecule has 40 heavy (non-hydrogen) atoms. The van der Waals surface area contributed by atoms with Crippen LogP contribution in [-0.4, -0.2) is 57.2 Å². The zero-order valence-corrected chi connectivity index (χ0v) is 23.4. The van der Waals surface area contributed by atoms with Gasteiger partial charge in [0.1, 0.15) is 11.5 Å². The first kappa shape index (κ1) is 25.8. The molecule has 9 heteroatoms. The van der Waals surface area contributed by atoms with Crippen molar-refractivity contribution >= 4 is 48.6 Å². The van der Waals surface area contributed by atoms with Crippen LogP contribution in [0.5, 0.6) is 0 Å². The molecule has 2 aromatic carbocycles. The van der Waals surface area contributed by atoms with Crippen LogP contribution >= 0.6 is 9.39 Å². The predicted octanol–water partition coefficient (Wildman–Crippen LogP) is 6.34. The predicted molar refractivity (Wildman–Crippen MR) is 169 cm³/mol. The van der Waals surface area contributed by atoms with E-state index in [0.29, 0.717) is 6.54 Å². The first-order valence-corrected chi connectivity index (χ1v) is 15.1. The first-order chi connectivity index (χ1) is 19.1. The molecule has 0 saturated carbocycles. The van der Waals surface area contributed by atoms with E-state index in [1.807, 2.05) is 49.8 Å². The van der Waals surface area contributed by atoms with Gasteiger partial charge in [-0.25, -0.2) is 4.39 Å². The van der Waals surface area contributed by atoms with Crippen LogP contribution in [-0.2, 0) is 6.54 Å². The number of benzene rings is 2. The van der Waals surface area contributed by atoms with Crippen LogP contribution < -0.4 is 9.62 Å². The molecule has 0 saturated heterocycles. The summed E-state index contributed by atoms with van der Waals surface area (Å²) in [5, 5.41) is 9.72. The Morgan fingerprint density at radius 2 is 1.70 bits per heavy atom. The van der Waals surface area contributed by atoms with E-state index < -0.39 is 9.39 Å². The van der Waals surface area contributed by atoms with Gasteiger partial charge >= 0.3 is 0 Å². The van der Waals surface area contributed by atoms with Gasteiger partial charge in [0.25, 0.3) is 0 Å². The molecule has 7 nitrogen and oxygen atoms in total. The largest absolute Gasteiger partial charge is 0.376 e. The maximum absolute atomic E-state index is 14.7. The van der Waals surface area contributed by atoms with Gasteiger partial charge in [-0.3, -0.25) is 19.8 Å². The number of aromatic amines is 2. The normalized spacial score (nSPS) is 11.9. The number of fused-ring (bicyclic) bond motifs is 2. The highest BCUT2D eigenvalue weighted by atomic mass is 32.2. The summed E-state index contributed by atoms with van der Waals surface area (Å²) in [6, 6.07) is 15.5. The quantitative estimate of drug-likeness (QED) is 0.202. The zero-order chi connectivity index (χ0) is 28.0. The smallest absolute Gasteiger partial charge is 0.124 e. The van der Waals surface area contributed by atoms with Crippen molar-refractivity contribution in [2.24, 2.45) is 0 Å². The van der Waals surface area contributed by atoms with Crippen LogP contribution in [0, 0.1) is 5.82 Å². The molecule has 0 amide bonds. The lowest BCUT2D eigenvalue weighted by Gasteiger charge is -2.13. The van der Waals surface area contributed by atoms with Crippen molar-refractivity contribution in [3.8, 4) is 33.6 Å². The lowest BCUT2D eigenvalue weighted by Crippen LogP contribution is -2.08. The van der Waals surface area contributed by atoms with Crippen molar-refractivity contribution in [2.75, 3.05) is 25.3 Å². The summed E-state index contributed by atoms with van der Waals surface area (Å²) in [6.07, 6.45) is 9.23. The highest BCUT2D eigenvalue weighted by Crippen LogP contribution is 2.35. The molecular formula is C31H30FN7S. The summed E-state index contributed by atoms with van der Waals surface area (Å²) in [4.78, 5) is 14.4. The van der Waals surface area contributed by atoms with E-state index in [0.717, 1.165) is 66.7 Å². The van der Waals surface area contributed by atoms with Gasteiger partial charge in [-0.1, -0.05) is 17.8 Å². The molecular weight excluding hydrogens is 521 g/mol. The van der Waals surface area contributed by atoms with Gasteiger partial charge in [-0.05, 0) is 65.4 Å². The minimum absolute atomic E-state index is 0.300. The minimum atomic E-state index is -1.42. The fourth-order valence-corrected chi connectivity index (χ4v) is 5.32. The third-order valence-corrected chi connectivity index (χ3v) is 7.67. The molecule has 0 fully saturated rings. The van der Waals surface area contributed by atoms with Gasteiger partial charge in [-0.15, -0.1) is 0 Å². The molecule has 3 N–H and O–H groups in total. The van der Waals surface area contributed by atoms with Gasteiger partial charge in [0.15, 0.2) is 0 Å². The van der Waals surface area contributed by atoms with E-state index in [4.69, 9.17) is 0 Å². The Balaban J connectivity index is 1.42. The number of hydrogen-bond donors (Lipinski definition) is 3. The van der Waals surface area contributed by atoms with Gasteiger partial charge in [0.05, 0.1) is 34.8 Å². The fourth-order valence-electron chi connectivity index (χ4n) is 4.80. The maximum Gasteiger partial charge on any atom is 0.124 e. The van der Waals surface area contributed by atoms with Crippen molar-refractivity contribution in [1.29, 1.82) is 0 Å². The van der Waals surface area contributed by atoms with Crippen LogP contribution in [0.15, 0.2) is 73.3 Å². The number of rotatable bonds is 7. The molecule has 0 radical (unpaired) electrons. The number of nitrogens with zero attached hydrogens (tertiary/aromatic N) is 4. The molecule has 4 aromatic heterocycles. The topological polar surface area (TPSA) is 85.5 Å². The molecule has 6 aromatic rings. The summed E-state index contributed by atoms with van der Waals surface area (Å²) >= 11 is 0. The Labute approximate surface area is 232 Å². The average Bonchev–Trinajstić information content (AvgIpc) is 3.55. The van der Waals surface area contributed by atoms with E-state index in [-0.39, 0.29) is 5.82 Å². The maximum atomic E-state index is 14.7. The van der Waals surface area contributed by atoms with Crippen molar-refractivity contribution in [2.45, 2.75) is 6.54 Å². The van der Waals surface area contributed by atoms with Crippen LogP contribution in [0.25, 0.3) is 55.4 Å². The lowest BCUT2D eigenvalue weighted by molar-refractivity contribution is 0.625. The monoisotopic (exact) mass is 551 g/mol. The highest BCUT2D eigenvalue weighted by molar-refractivity contribution is 8.25. The second-order valence-electron chi connectivity index (χ2n) is 10.4. The summed E-state index contributed by atoms with van der Waals surface area (Å²) in [7, 11) is 2.58. The summed E-state index contributed by atoms with van der Waals surface area (Å²) in [6.45, 7) is 0.486. The third-order valence-electron chi connectivity index (χ3n) is 6.83. The van der Waals surface area contributed by atoms with Crippen LogP contribution in [0.3, 0.4) is 0 Å². The van der Waals surface area contributed by atoms with Crippen molar-refractivity contribution in [1.82, 2.24) is 29.9 Å². The number of nitrogens with one attached hydrogen (secondary N) is 3. The second-order valence-corrected chi connectivity index (χ2v) is 13.3. The van der Waals surface area contributed by atoms with E-state index in [1.54, 1.807) is 18.5 Å². The van der Waals surface area contributed by atoms with Crippen molar-refractivity contribution < 1.29 is 4.39 Å². The number of halogens is 1.